The Bertz CT molecular complexity index is 1280. The fourth-order valence-corrected chi connectivity index (χ4v) is 5.32. The molecule has 2 N–H and O–H groups in total. The van der Waals surface area contributed by atoms with E-state index in [1.165, 1.54) is 17.8 Å². The van der Waals surface area contributed by atoms with Crippen LogP contribution in [-0.4, -0.2) is 58.8 Å². The van der Waals surface area contributed by atoms with E-state index >= 15 is 0 Å². The average Bonchev–Trinajstić information content (AvgIpc) is 3.69. The number of nitrogens with zero attached hydrogens (tertiary/aromatic N) is 2. The van der Waals surface area contributed by atoms with E-state index < -0.39 is 34.9 Å². The molecule has 1 aromatic rings. The lowest BCUT2D eigenvalue weighted by molar-refractivity contribution is -0.143. The van der Waals surface area contributed by atoms with Crippen LogP contribution >= 0.6 is 11.8 Å². The molecule has 2 aliphatic rings. The lowest BCUT2D eigenvalue weighted by atomic mass is 10.0. The van der Waals surface area contributed by atoms with E-state index in [9.17, 15) is 19.2 Å². The quantitative estimate of drug-likeness (QED) is 0.107. The molecule has 12 nitrogen and oxygen atoms in total. The molecular weight excluding hydrogens is 588 g/mol. The van der Waals surface area contributed by atoms with Crippen LogP contribution in [0.15, 0.2) is 31.5 Å². The summed E-state index contributed by atoms with van der Waals surface area (Å²) in [5.74, 6) is 0.918. The first-order valence-electron chi connectivity index (χ1n) is 15.3. The average molecular weight is 635 g/mol. The van der Waals surface area contributed by atoms with E-state index in [1.807, 2.05) is 6.92 Å². The minimum atomic E-state index is -1.08. The number of amides is 2. The molecule has 1 aliphatic heterocycles. The Morgan fingerprint density at radius 3 is 2.64 bits per heavy atom. The van der Waals surface area contributed by atoms with Crippen molar-refractivity contribution in [3.63, 3.8) is 0 Å². The Balaban J connectivity index is 1.48. The third-order valence-electron chi connectivity index (χ3n) is 6.82. The molecule has 244 valence electrons. The number of thioether (sulfide) groups is 1. The number of rotatable bonds is 16. The van der Waals surface area contributed by atoms with Crippen LogP contribution in [0.25, 0.3) is 0 Å². The summed E-state index contributed by atoms with van der Waals surface area (Å²) in [6.07, 6.45) is 5.32. The zero-order chi connectivity index (χ0) is 32.3. The van der Waals surface area contributed by atoms with Crippen LogP contribution in [0, 0.1) is 5.92 Å². The molecule has 0 saturated heterocycles. The number of hydrogen-bond acceptors (Lipinski definition) is 11. The van der Waals surface area contributed by atoms with Crippen molar-refractivity contribution in [1.29, 1.82) is 0 Å². The summed E-state index contributed by atoms with van der Waals surface area (Å²) in [6.45, 7) is 11.8. The summed E-state index contributed by atoms with van der Waals surface area (Å²) in [6, 6.07) is 2.48. The predicted molar refractivity (Wildman–Crippen MR) is 169 cm³/mol. The Kier molecular flexibility index (Phi) is 12.9. The van der Waals surface area contributed by atoms with E-state index in [2.05, 4.69) is 20.8 Å². The number of ether oxygens (including phenoxy) is 2. The molecule has 1 aromatic heterocycles. The standard InChI is InChI=1S/C31H46N4O8S/c1-7-11-23(24-16-22(17-26(37)41-24)40-18-21-13-14-21)33-28(38)31(6)19-44-27(34-31)20(2)35-43-25(36)12-9-8-10-15-32-29(39)42-30(3,4)5/h16-17,21,23H,7-15,18-19H2,1-6H3,(H,32,39)(H,33,38)/b35-20+/t23-,31+/m1/s1. The highest BCUT2D eigenvalue weighted by atomic mass is 32.2. The smallest absolute Gasteiger partial charge is 0.407 e. The molecule has 2 amide bonds. The van der Waals surface area contributed by atoms with Crippen LogP contribution in [0.2, 0.25) is 0 Å². The second-order valence-electron chi connectivity index (χ2n) is 12.4. The minimum absolute atomic E-state index is 0.185. The van der Waals surface area contributed by atoms with E-state index in [1.54, 1.807) is 40.7 Å². The van der Waals surface area contributed by atoms with Gasteiger partial charge in [-0.3, -0.25) is 9.79 Å². The van der Waals surface area contributed by atoms with E-state index in [0.717, 1.165) is 25.7 Å². The number of carbonyl (C=O) groups excluding carboxylic acids is 3. The second kappa shape index (κ2) is 16.1. The van der Waals surface area contributed by atoms with Gasteiger partial charge >= 0.3 is 17.7 Å². The molecule has 0 unspecified atom stereocenters. The topological polar surface area (TPSA) is 158 Å². The summed E-state index contributed by atoms with van der Waals surface area (Å²) in [7, 11) is 0. The Morgan fingerprint density at radius 2 is 1.95 bits per heavy atom. The van der Waals surface area contributed by atoms with Gasteiger partial charge in [-0.25, -0.2) is 14.4 Å². The van der Waals surface area contributed by atoms with Crippen LogP contribution < -0.4 is 21.0 Å². The lowest BCUT2D eigenvalue weighted by Gasteiger charge is -2.24. The SMILES string of the molecule is CCC[C@@H](NC(=O)[C@]1(C)CSC(/C(C)=N/OC(=O)CCCCCNC(=O)OC(C)(C)C)=N1)c1cc(OCC2CC2)cc(=O)o1. The molecule has 1 saturated carbocycles. The van der Waals surface area contributed by atoms with Crippen molar-refractivity contribution in [2.45, 2.75) is 110 Å². The molecule has 0 aromatic carbocycles. The molecule has 0 radical (unpaired) electrons. The van der Waals surface area contributed by atoms with Crippen molar-refractivity contribution in [2.75, 3.05) is 18.9 Å². The molecule has 2 atom stereocenters. The molecule has 44 heavy (non-hydrogen) atoms. The van der Waals surface area contributed by atoms with Crippen LogP contribution in [-0.2, 0) is 19.2 Å². The van der Waals surface area contributed by atoms with Gasteiger partial charge in [-0.1, -0.05) is 24.9 Å². The van der Waals surface area contributed by atoms with Gasteiger partial charge in [0.1, 0.15) is 33.4 Å². The van der Waals surface area contributed by atoms with Crippen molar-refractivity contribution in [2.24, 2.45) is 16.1 Å². The summed E-state index contributed by atoms with van der Waals surface area (Å²) in [5.41, 5.74) is -1.75. The van der Waals surface area contributed by atoms with Gasteiger partial charge < -0.3 is 29.4 Å². The van der Waals surface area contributed by atoms with Gasteiger partial charge in [0.2, 0.25) is 5.91 Å². The zero-order valence-electron chi connectivity index (χ0n) is 26.7. The number of unbranched alkanes of at least 4 members (excludes halogenated alkanes) is 2. The Hall–Kier alpha value is -3.35. The van der Waals surface area contributed by atoms with E-state index in [0.29, 0.717) is 66.4 Å². The fraction of sp³-hybridized carbons (Fsp3) is 0.677. The summed E-state index contributed by atoms with van der Waals surface area (Å²) in [4.78, 5) is 59.1. The maximum atomic E-state index is 13.4. The van der Waals surface area contributed by atoms with Crippen molar-refractivity contribution in [1.82, 2.24) is 10.6 Å². The number of nitrogens with one attached hydrogen (secondary N) is 2. The third kappa shape index (κ3) is 12.0. The van der Waals surface area contributed by atoms with Crippen molar-refractivity contribution in [3.05, 3.63) is 28.3 Å². The van der Waals surface area contributed by atoms with Gasteiger partial charge in [-0.15, -0.1) is 11.8 Å². The lowest BCUT2D eigenvalue weighted by Crippen LogP contribution is -2.45. The third-order valence-corrected chi connectivity index (χ3v) is 8.19. The van der Waals surface area contributed by atoms with Gasteiger partial charge in [0.25, 0.3) is 0 Å². The van der Waals surface area contributed by atoms with Crippen molar-refractivity contribution in [3.8, 4) is 5.75 Å². The van der Waals surface area contributed by atoms with Crippen LogP contribution in [0.1, 0.15) is 105 Å². The van der Waals surface area contributed by atoms with E-state index in [4.69, 9.17) is 18.7 Å². The number of aliphatic imine (C=N–C) groups is 1. The maximum Gasteiger partial charge on any atom is 0.407 e. The number of alkyl carbamates (subject to hydrolysis) is 1. The highest BCUT2D eigenvalue weighted by Crippen LogP contribution is 2.32. The summed E-state index contributed by atoms with van der Waals surface area (Å²) >= 11 is 1.36. The molecule has 1 fully saturated rings. The molecular formula is C31H46N4O8S. The minimum Gasteiger partial charge on any atom is -0.493 e. The molecule has 0 spiro atoms. The molecule has 1 aliphatic carbocycles. The first kappa shape index (κ1) is 35.1. The Morgan fingerprint density at radius 1 is 1.20 bits per heavy atom. The van der Waals surface area contributed by atoms with Crippen molar-refractivity contribution < 1.29 is 33.1 Å². The zero-order valence-corrected chi connectivity index (χ0v) is 27.5. The first-order valence-corrected chi connectivity index (χ1v) is 16.3. The predicted octanol–water partition coefficient (Wildman–Crippen LogP) is 5.29. The van der Waals surface area contributed by atoms with Gasteiger partial charge in [-0.2, -0.15) is 0 Å². The van der Waals surface area contributed by atoms with Gasteiger partial charge in [0.05, 0.1) is 18.7 Å². The monoisotopic (exact) mass is 634 g/mol. The van der Waals surface area contributed by atoms with Crippen LogP contribution in [0.4, 0.5) is 4.79 Å². The second-order valence-corrected chi connectivity index (χ2v) is 13.4. The normalized spacial score (nSPS) is 19.1. The molecule has 2 heterocycles. The van der Waals surface area contributed by atoms with Gasteiger partial charge in [0, 0.05) is 24.8 Å². The van der Waals surface area contributed by atoms with Crippen LogP contribution in [0.5, 0.6) is 5.75 Å². The summed E-state index contributed by atoms with van der Waals surface area (Å²) in [5, 5.41) is 10.1. The largest absolute Gasteiger partial charge is 0.493 e. The summed E-state index contributed by atoms with van der Waals surface area (Å²) < 4.78 is 16.4. The molecule has 3 rings (SSSR count). The number of carbonyl (C=O) groups is 3. The van der Waals surface area contributed by atoms with Crippen molar-refractivity contribution >= 4 is 40.5 Å². The fourth-order valence-electron chi connectivity index (χ4n) is 4.19. The number of hydrogen-bond donors (Lipinski definition) is 2. The van der Waals surface area contributed by atoms with Gasteiger partial charge in [-0.05, 0) is 72.6 Å². The maximum absolute atomic E-state index is 13.4. The van der Waals surface area contributed by atoms with E-state index in [-0.39, 0.29) is 12.3 Å². The highest BCUT2D eigenvalue weighted by molar-refractivity contribution is 8.16. The Labute approximate surface area is 263 Å². The highest BCUT2D eigenvalue weighted by Gasteiger charge is 2.40. The molecule has 13 heteroatoms. The molecule has 0 bridgehead atoms. The van der Waals surface area contributed by atoms with Gasteiger partial charge in [0.15, 0.2) is 0 Å². The number of oxime groups is 1. The van der Waals surface area contributed by atoms with Crippen LogP contribution in [0.3, 0.4) is 0 Å². The first-order chi connectivity index (χ1) is 20.8.